The van der Waals surface area contributed by atoms with Crippen molar-refractivity contribution in [1.29, 1.82) is 0 Å². The Morgan fingerprint density at radius 1 is 1.14 bits per heavy atom. The molecule has 1 aromatic rings. The van der Waals surface area contributed by atoms with Gasteiger partial charge in [0.05, 0.1) is 12.5 Å². The van der Waals surface area contributed by atoms with Crippen LogP contribution >= 0.6 is 0 Å². The third-order valence-electron chi connectivity index (χ3n) is 8.57. The first-order chi connectivity index (χ1) is 17.5. The second-order valence-electron chi connectivity index (χ2n) is 11.5. The minimum Gasteiger partial charge on any atom is -0.458 e. The van der Waals surface area contributed by atoms with E-state index in [4.69, 9.17) is 9.47 Å². The normalized spacial score (nSPS) is 35.7. The molecule has 3 aliphatic rings. The molecule has 0 saturated heterocycles. The van der Waals surface area contributed by atoms with Gasteiger partial charge in [-0.05, 0) is 65.7 Å². The Bertz CT molecular complexity index is 1140. The molecule has 0 amide bonds. The average molecular weight is 507 g/mol. The summed E-state index contributed by atoms with van der Waals surface area (Å²) < 4.78 is 11.8. The zero-order valence-electron chi connectivity index (χ0n) is 22.4. The van der Waals surface area contributed by atoms with Crippen molar-refractivity contribution in [3.63, 3.8) is 0 Å². The van der Waals surface area contributed by atoms with Gasteiger partial charge in [-0.15, -0.1) is 0 Å². The Labute approximate surface area is 219 Å². The Morgan fingerprint density at radius 3 is 2.49 bits per heavy atom. The monoisotopic (exact) mass is 506 g/mol. The molecule has 6 heteroatoms. The molecule has 0 heterocycles. The second-order valence-corrected chi connectivity index (χ2v) is 11.5. The quantitative estimate of drug-likeness (QED) is 0.341. The van der Waals surface area contributed by atoms with Crippen LogP contribution in [0.3, 0.4) is 0 Å². The molecule has 0 unspecified atom stereocenters. The number of ether oxygens (including phenoxy) is 2. The Kier molecular flexibility index (Phi) is 7.61. The molecule has 0 bridgehead atoms. The van der Waals surface area contributed by atoms with E-state index in [0.29, 0.717) is 17.9 Å². The zero-order valence-corrected chi connectivity index (χ0v) is 22.4. The number of carbonyl (C=O) groups excluding carboxylic acids is 3. The first-order valence-corrected chi connectivity index (χ1v) is 13.2. The molecule has 1 N–H and O–H groups in total. The van der Waals surface area contributed by atoms with Crippen molar-refractivity contribution in [2.24, 2.45) is 29.1 Å². The molecule has 6 atom stereocenters. The predicted molar refractivity (Wildman–Crippen MR) is 141 cm³/mol. The van der Waals surface area contributed by atoms with Gasteiger partial charge in [0.25, 0.3) is 0 Å². The molecule has 3 aliphatic carbocycles. The largest absolute Gasteiger partial charge is 0.458 e. The lowest BCUT2D eigenvalue weighted by Gasteiger charge is -2.34. The Hall–Kier alpha value is -2.99. The van der Waals surface area contributed by atoms with E-state index in [1.165, 1.54) is 13.0 Å². The van der Waals surface area contributed by atoms with Crippen molar-refractivity contribution in [2.45, 2.75) is 65.6 Å². The van der Waals surface area contributed by atoms with Crippen LogP contribution < -0.4 is 0 Å². The van der Waals surface area contributed by atoms with Crippen LogP contribution in [0, 0.1) is 29.1 Å². The molecule has 0 radical (unpaired) electrons. The van der Waals surface area contributed by atoms with Crippen LogP contribution in [-0.2, 0) is 23.9 Å². The standard InChI is InChI=1S/C31H38O6/c1-19-15-25-24(30(25,4)5)13-11-23(18-32)16-26-28(20(2)17-31(26,29(19)35)37-21(3)33)36-27(34)14-12-22-9-7-6-8-10-22/h6-10,12,14-16,20,24-26,28,32H,11,13,17-18H2,1-5H3/b14-12+,19-15-,23-16+/t20-,24-,25+,26-,28-,31+/m0/s1. The highest BCUT2D eigenvalue weighted by Crippen LogP contribution is 2.62. The van der Waals surface area contributed by atoms with E-state index in [1.807, 2.05) is 49.4 Å². The molecule has 198 valence electrons. The van der Waals surface area contributed by atoms with Crippen molar-refractivity contribution in [3.8, 4) is 0 Å². The van der Waals surface area contributed by atoms with Crippen LogP contribution in [0.25, 0.3) is 6.08 Å². The van der Waals surface area contributed by atoms with E-state index in [2.05, 4.69) is 13.8 Å². The van der Waals surface area contributed by atoms with Gasteiger partial charge in [0.15, 0.2) is 5.60 Å². The summed E-state index contributed by atoms with van der Waals surface area (Å²) in [4.78, 5) is 39.3. The molecular formula is C31H38O6. The van der Waals surface area contributed by atoms with Gasteiger partial charge in [-0.25, -0.2) is 4.79 Å². The average Bonchev–Trinajstić information content (AvgIpc) is 3.26. The number of aliphatic hydroxyl groups excluding tert-OH is 1. The van der Waals surface area contributed by atoms with Gasteiger partial charge in [0, 0.05) is 19.4 Å². The van der Waals surface area contributed by atoms with E-state index < -0.39 is 29.6 Å². The topological polar surface area (TPSA) is 89.9 Å². The summed E-state index contributed by atoms with van der Waals surface area (Å²) >= 11 is 0. The fourth-order valence-corrected chi connectivity index (χ4v) is 6.48. The Morgan fingerprint density at radius 2 is 1.84 bits per heavy atom. The molecule has 37 heavy (non-hydrogen) atoms. The minimum absolute atomic E-state index is 0.0709. The zero-order chi connectivity index (χ0) is 27.0. The fraction of sp³-hybridized carbons (Fsp3) is 0.516. The van der Waals surface area contributed by atoms with Gasteiger partial charge >= 0.3 is 11.9 Å². The fourth-order valence-electron chi connectivity index (χ4n) is 6.48. The third kappa shape index (κ3) is 5.35. The molecule has 0 spiro atoms. The van der Waals surface area contributed by atoms with E-state index >= 15 is 0 Å². The van der Waals surface area contributed by atoms with Crippen molar-refractivity contribution in [2.75, 3.05) is 6.61 Å². The molecule has 4 rings (SSSR count). The highest BCUT2D eigenvalue weighted by Gasteiger charge is 2.61. The van der Waals surface area contributed by atoms with E-state index in [0.717, 1.165) is 17.6 Å². The molecule has 6 nitrogen and oxygen atoms in total. The number of ketones is 1. The SMILES string of the molecule is CC(=O)O[C@]12C[C@H](C)[C@H](OC(=O)/C=C/c3ccccc3)[C@@H]1/C=C(/CO)CC[C@H]1[C@@H](/C=C(/C)C2=O)C1(C)C. The summed E-state index contributed by atoms with van der Waals surface area (Å²) in [5, 5.41) is 10.2. The van der Waals surface area contributed by atoms with Crippen LogP contribution in [0.4, 0.5) is 0 Å². The van der Waals surface area contributed by atoms with Crippen LogP contribution in [0.15, 0.2) is 59.7 Å². The summed E-state index contributed by atoms with van der Waals surface area (Å²) in [5.41, 5.74) is 0.768. The van der Waals surface area contributed by atoms with Crippen molar-refractivity contribution < 1.29 is 29.0 Å². The van der Waals surface area contributed by atoms with Crippen LogP contribution in [0.5, 0.6) is 0 Å². The number of fused-ring (bicyclic) bond motifs is 2. The first kappa shape index (κ1) is 27.1. The lowest BCUT2D eigenvalue weighted by molar-refractivity contribution is -0.169. The summed E-state index contributed by atoms with van der Waals surface area (Å²) in [6, 6.07) is 9.43. The number of hydrogen-bond acceptors (Lipinski definition) is 6. The molecular weight excluding hydrogens is 468 g/mol. The van der Waals surface area contributed by atoms with Crippen LogP contribution in [0.1, 0.15) is 59.4 Å². The third-order valence-corrected chi connectivity index (χ3v) is 8.57. The summed E-state index contributed by atoms with van der Waals surface area (Å²) in [5.74, 6) is -1.65. The van der Waals surface area contributed by atoms with Crippen molar-refractivity contribution in [3.05, 3.63) is 65.3 Å². The number of esters is 2. The summed E-state index contributed by atoms with van der Waals surface area (Å²) in [6.07, 6.45) is 8.01. The summed E-state index contributed by atoms with van der Waals surface area (Å²) in [6.45, 7) is 9.22. The summed E-state index contributed by atoms with van der Waals surface area (Å²) in [7, 11) is 0. The smallest absolute Gasteiger partial charge is 0.331 e. The number of hydrogen-bond donors (Lipinski definition) is 1. The van der Waals surface area contributed by atoms with E-state index in [-0.39, 0.29) is 36.1 Å². The molecule has 0 aliphatic heterocycles. The number of Topliss-reactive ketones (excluding diaryl/α,β-unsaturated/α-hetero) is 1. The highest BCUT2D eigenvalue weighted by molar-refractivity contribution is 6.03. The highest BCUT2D eigenvalue weighted by atomic mass is 16.6. The number of benzene rings is 1. The molecule has 2 fully saturated rings. The van der Waals surface area contributed by atoms with Gasteiger partial charge in [-0.2, -0.15) is 0 Å². The number of allylic oxidation sites excluding steroid dienone is 1. The lowest BCUT2D eigenvalue weighted by atomic mass is 9.81. The van der Waals surface area contributed by atoms with Gasteiger partial charge in [-0.3, -0.25) is 9.59 Å². The van der Waals surface area contributed by atoms with Crippen molar-refractivity contribution in [1.82, 2.24) is 0 Å². The number of rotatable bonds is 5. The van der Waals surface area contributed by atoms with Crippen LogP contribution in [0.2, 0.25) is 0 Å². The van der Waals surface area contributed by atoms with Crippen molar-refractivity contribution >= 4 is 23.8 Å². The molecule has 0 aromatic heterocycles. The maximum Gasteiger partial charge on any atom is 0.331 e. The predicted octanol–water partition coefficient (Wildman–Crippen LogP) is 5.07. The maximum absolute atomic E-state index is 14.1. The van der Waals surface area contributed by atoms with Gasteiger partial charge in [-0.1, -0.05) is 63.3 Å². The number of aliphatic hydroxyl groups is 1. The van der Waals surface area contributed by atoms with E-state index in [1.54, 1.807) is 13.0 Å². The second kappa shape index (κ2) is 10.4. The van der Waals surface area contributed by atoms with Gasteiger partial charge < -0.3 is 14.6 Å². The Balaban J connectivity index is 1.73. The molecule has 1 aromatic carbocycles. The lowest BCUT2D eigenvalue weighted by Crippen LogP contribution is -2.48. The first-order valence-electron chi connectivity index (χ1n) is 13.2. The molecule has 2 saturated carbocycles. The van der Waals surface area contributed by atoms with Crippen LogP contribution in [-0.4, -0.2) is 41.1 Å². The minimum atomic E-state index is -1.50. The maximum atomic E-state index is 14.1. The van der Waals surface area contributed by atoms with E-state index in [9.17, 15) is 19.5 Å². The van der Waals surface area contributed by atoms with Gasteiger partial charge in [0.1, 0.15) is 6.10 Å². The van der Waals surface area contributed by atoms with Gasteiger partial charge in [0.2, 0.25) is 5.78 Å². The number of carbonyl (C=O) groups is 3.